The average molecular weight is 335 g/mol. The standard InChI is InChI=1S/C14H13F4NO4/c15-11-6-9(12(21)7-23-8-20)5-10(14(16,17)18)13(11)19-1-3-22-4-2-19/h5-6,8H,1-4,7H2. The fourth-order valence-electron chi connectivity index (χ4n) is 2.28. The van der Waals surface area contributed by atoms with E-state index in [1.165, 1.54) is 4.90 Å². The number of hydrogen-bond acceptors (Lipinski definition) is 5. The van der Waals surface area contributed by atoms with E-state index in [1.54, 1.807) is 0 Å². The van der Waals surface area contributed by atoms with Gasteiger partial charge in [0.15, 0.2) is 12.4 Å². The Morgan fingerprint density at radius 3 is 2.52 bits per heavy atom. The van der Waals surface area contributed by atoms with Crippen molar-refractivity contribution >= 4 is 17.9 Å². The lowest BCUT2D eigenvalue weighted by atomic mass is 10.0. The van der Waals surface area contributed by atoms with Gasteiger partial charge in [0, 0.05) is 18.7 Å². The Morgan fingerprint density at radius 1 is 1.30 bits per heavy atom. The number of anilines is 1. The van der Waals surface area contributed by atoms with Crippen molar-refractivity contribution in [3.63, 3.8) is 0 Å². The highest BCUT2D eigenvalue weighted by molar-refractivity contribution is 5.98. The van der Waals surface area contributed by atoms with Crippen LogP contribution in [0.3, 0.4) is 0 Å². The van der Waals surface area contributed by atoms with E-state index in [2.05, 4.69) is 4.74 Å². The molecule has 0 saturated carbocycles. The van der Waals surface area contributed by atoms with Gasteiger partial charge >= 0.3 is 6.18 Å². The van der Waals surface area contributed by atoms with Crippen LogP contribution in [-0.4, -0.2) is 45.2 Å². The molecule has 126 valence electrons. The van der Waals surface area contributed by atoms with Crippen molar-refractivity contribution in [2.75, 3.05) is 37.8 Å². The fraction of sp³-hybridized carbons (Fsp3) is 0.429. The molecule has 0 atom stereocenters. The van der Waals surface area contributed by atoms with E-state index in [0.717, 1.165) is 6.07 Å². The highest BCUT2D eigenvalue weighted by Crippen LogP contribution is 2.39. The summed E-state index contributed by atoms with van der Waals surface area (Å²) >= 11 is 0. The summed E-state index contributed by atoms with van der Waals surface area (Å²) < 4.78 is 63.3. The summed E-state index contributed by atoms with van der Waals surface area (Å²) in [6.07, 6.45) is -4.84. The molecule has 0 unspecified atom stereocenters. The second-order valence-electron chi connectivity index (χ2n) is 4.78. The van der Waals surface area contributed by atoms with Crippen molar-refractivity contribution in [3.8, 4) is 0 Å². The van der Waals surface area contributed by atoms with Crippen molar-refractivity contribution in [2.45, 2.75) is 6.18 Å². The molecule has 0 amide bonds. The first kappa shape index (κ1) is 17.2. The molecule has 1 aliphatic heterocycles. The molecule has 0 spiro atoms. The maximum Gasteiger partial charge on any atom is 0.418 e. The molecule has 0 N–H and O–H groups in total. The number of alkyl halides is 3. The minimum atomic E-state index is -4.84. The van der Waals surface area contributed by atoms with Gasteiger partial charge in [-0.3, -0.25) is 9.59 Å². The fourth-order valence-corrected chi connectivity index (χ4v) is 2.28. The van der Waals surface area contributed by atoms with Gasteiger partial charge in [0.25, 0.3) is 6.47 Å². The smallest absolute Gasteiger partial charge is 0.418 e. The van der Waals surface area contributed by atoms with Crippen LogP contribution in [0.2, 0.25) is 0 Å². The zero-order valence-corrected chi connectivity index (χ0v) is 11.9. The summed E-state index contributed by atoms with van der Waals surface area (Å²) in [7, 11) is 0. The minimum absolute atomic E-state index is 0.0129. The third-order valence-corrected chi connectivity index (χ3v) is 3.30. The number of ketones is 1. The summed E-state index contributed by atoms with van der Waals surface area (Å²) in [5, 5.41) is 0. The Kier molecular flexibility index (Phi) is 5.19. The topological polar surface area (TPSA) is 55.8 Å². The predicted octanol–water partition coefficient (Wildman–Crippen LogP) is 2.04. The maximum atomic E-state index is 14.3. The lowest BCUT2D eigenvalue weighted by molar-refractivity contribution is -0.137. The number of rotatable bonds is 5. The van der Waals surface area contributed by atoms with Crippen molar-refractivity contribution in [1.29, 1.82) is 0 Å². The predicted molar refractivity (Wildman–Crippen MR) is 70.8 cm³/mol. The molecule has 2 rings (SSSR count). The van der Waals surface area contributed by atoms with E-state index >= 15 is 0 Å². The Bertz CT molecular complexity index is 597. The van der Waals surface area contributed by atoms with Crippen molar-refractivity contribution in [3.05, 3.63) is 29.1 Å². The van der Waals surface area contributed by atoms with Crippen LogP contribution in [-0.2, 0) is 20.4 Å². The monoisotopic (exact) mass is 335 g/mol. The Labute approximate surface area is 128 Å². The number of hydrogen-bond donors (Lipinski definition) is 0. The highest BCUT2D eigenvalue weighted by atomic mass is 19.4. The van der Waals surface area contributed by atoms with E-state index in [1.807, 2.05) is 0 Å². The van der Waals surface area contributed by atoms with Crippen LogP contribution in [0.25, 0.3) is 0 Å². The van der Waals surface area contributed by atoms with E-state index in [9.17, 15) is 27.2 Å². The molecule has 1 fully saturated rings. The average Bonchev–Trinajstić information content (AvgIpc) is 2.51. The number of benzene rings is 1. The molecular formula is C14H13F4NO4. The third kappa shape index (κ3) is 3.98. The van der Waals surface area contributed by atoms with Crippen LogP contribution < -0.4 is 4.90 Å². The van der Waals surface area contributed by atoms with Crippen LogP contribution in [0.15, 0.2) is 12.1 Å². The molecule has 0 aliphatic carbocycles. The minimum Gasteiger partial charge on any atom is -0.459 e. The second-order valence-corrected chi connectivity index (χ2v) is 4.78. The summed E-state index contributed by atoms with van der Waals surface area (Å²) in [6, 6.07) is 1.29. The zero-order chi connectivity index (χ0) is 17.0. The van der Waals surface area contributed by atoms with E-state index in [4.69, 9.17) is 4.74 Å². The number of halogens is 4. The summed E-state index contributed by atoms with van der Waals surface area (Å²) in [4.78, 5) is 23.0. The number of carbonyl (C=O) groups excluding carboxylic acids is 2. The van der Waals surface area contributed by atoms with Gasteiger partial charge in [-0.2, -0.15) is 13.2 Å². The van der Waals surface area contributed by atoms with Crippen molar-refractivity contribution < 1.29 is 36.6 Å². The molecule has 5 nitrogen and oxygen atoms in total. The molecule has 1 aromatic carbocycles. The van der Waals surface area contributed by atoms with Gasteiger partial charge in [-0.25, -0.2) is 4.39 Å². The van der Waals surface area contributed by atoms with Crippen molar-refractivity contribution in [1.82, 2.24) is 0 Å². The number of ether oxygens (including phenoxy) is 2. The molecule has 23 heavy (non-hydrogen) atoms. The van der Waals surface area contributed by atoms with Gasteiger partial charge in [0.2, 0.25) is 0 Å². The van der Waals surface area contributed by atoms with Gasteiger partial charge in [-0.15, -0.1) is 0 Å². The maximum absolute atomic E-state index is 14.3. The molecule has 1 heterocycles. The van der Waals surface area contributed by atoms with Gasteiger partial charge < -0.3 is 14.4 Å². The lowest BCUT2D eigenvalue weighted by Gasteiger charge is -2.31. The molecule has 1 aromatic rings. The first-order chi connectivity index (χ1) is 10.8. The van der Waals surface area contributed by atoms with Crippen LogP contribution >= 0.6 is 0 Å². The number of Topliss-reactive ketones (excluding diaryl/α,β-unsaturated/α-hetero) is 1. The van der Waals surface area contributed by atoms with Crippen molar-refractivity contribution in [2.24, 2.45) is 0 Å². The number of nitrogens with zero attached hydrogens (tertiary/aromatic N) is 1. The molecule has 0 radical (unpaired) electrons. The van der Waals surface area contributed by atoms with E-state index < -0.39 is 41.2 Å². The van der Waals surface area contributed by atoms with Crippen LogP contribution in [0.4, 0.5) is 23.2 Å². The molecule has 1 aliphatic rings. The van der Waals surface area contributed by atoms with Crippen LogP contribution in [0, 0.1) is 5.82 Å². The normalized spacial score (nSPS) is 15.4. The van der Waals surface area contributed by atoms with E-state index in [-0.39, 0.29) is 32.8 Å². The zero-order valence-electron chi connectivity index (χ0n) is 11.9. The highest BCUT2D eigenvalue weighted by Gasteiger charge is 2.38. The molecular weight excluding hydrogens is 322 g/mol. The van der Waals surface area contributed by atoms with Gasteiger partial charge in [-0.05, 0) is 12.1 Å². The first-order valence-corrected chi connectivity index (χ1v) is 6.66. The second kappa shape index (κ2) is 6.95. The largest absolute Gasteiger partial charge is 0.459 e. The first-order valence-electron chi connectivity index (χ1n) is 6.66. The Morgan fingerprint density at radius 2 is 1.96 bits per heavy atom. The molecule has 9 heteroatoms. The Balaban J connectivity index is 2.45. The third-order valence-electron chi connectivity index (χ3n) is 3.30. The summed E-state index contributed by atoms with van der Waals surface area (Å²) in [5.74, 6) is -2.08. The number of carbonyl (C=O) groups is 2. The van der Waals surface area contributed by atoms with Crippen LogP contribution in [0.5, 0.6) is 0 Å². The van der Waals surface area contributed by atoms with Gasteiger partial charge in [0.1, 0.15) is 5.82 Å². The van der Waals surface area contributed by atoms with Crippen LogP contribution in [0.1, 0.15) is 15.9 Å². The van der Waals surface area contributed by atoms with Gasteiger partial charge in [-0.1, -0.05) is 0 Å². The SMILES string of the molecule is O=COCC(=O)c1cc(F)c(N2CCOCC2)c(C(F)(F)F)c1. The molecule has 0 aromatic heterocycles. The lowest BCUT2D eigenvalue weighted by Crippen LogP contribution is -2.38. The van der Waals surface area contributed by atoms with Gasteiger partial charge in [0.05, 0.1) is 24.5 Å². The molecule has 0 bridgehead atoms. The summed E-state index contributed by atoms with van der Waals surface area (Å²) in [6.45, 7) is -0.170. The number of morpholine rings is 1. The summed E-state index contributed by atoms with van der Waals surface area (Å²) in [5.41, 5.74) is -2.35. The quantitative estimate of drug-likeness (QED) is 0.468. The Hall–Kier alpha value is -2.16. The molecule has 1 saturated heterocycles. The van der Waals surface area contributed by atoms with E-state index in [0.29, 0.717) is 6.07 Å².